The molecular weight excluding hydrogens is 680 g/mol. The summed E-state index contributed by atoms with van der Waals surface area (Å²) < 4.78 is 31.2. The minimum Gasteiger partial charge on any atom is -0.493 e. The number of allylic oxidation sites excluding steroid dienone is 1. The number of aromatic nitrogens is 1. The molecular formula is C29H30Br2N2O7S. The zero-order valence-electron chi connectivity index (χ0n) is 23.5. The number of carbonyl (C=O) groups excluding carboxylic acids is 1. The average molecular weight is 710 g/mol. The number of thiazole rings is 1. The van der Waals surface area contributed by atoms with Gasteiger partial charge in [0.2, 0.25) is 0 Å². The Morgan fingerprint density at radius 3 is 2.32 bits per heavy atom. The SMILES string of the molecule is CCOC(=O)C1=C(C)N=c2s/c(=C/c3cc(Br)c(OC)c(OCC)c3)c(=O)n2[C@H]1c1cc(OC)c(OCC)cc1Br. The number of ether oxygens (including phenoxy) is 5. The molecule has 0 radical (unpaired) electrons. The summed E-state index contributed by atoms with van der Waals surface area (Å²) in [6, 6.07) is 6.37. The predicted molar refractivity (Wildman–Crippen MR) is 164 cm³/mol. The Labute approximate surface area is 258 Å². The lowest BCUT2D eigenvalue weighted by atomic mass is 9.95. The fourth-order valence-electron chi connectivity index (χ4n) is 4.56. The molecule has 9 nitrogen and oxygen atoms in total. The van der Waals surface area contributed by atoms with Gasteiger partial charge in [0, 0.05) is 4.47 Å². The molecule has 0 aliphatic carbocycles. The van der Waals surface area contributed by atoms with Crippen LogP contribution in [0.25, 0.3) is 6.08 Å². The number of fused-ring (bicyclic) bond motifs is 1. The minimum absolute atomic E-state index is 0.176. The van der Waals surface area contributed by atoms with Crippen LogP contribution in [-0.4, -0.2) is 44.6 Å². The van der Waals surface area contributed by atoms with Crippen LogP contribution < -0.4 is 33.8 Å². The number of nitrogens with zero attached hydrogens (tertiary/aromatic N) is 2. The van der Waals surface area contributed by atoms with Crippen LogP contribution in [0.1, 0.15) is 44.9 Å². The Morgan fingerprint density at radius 1 is 0.976 bits per heavy atom. The summed E-state index contributed by atoms with van der Waals surface area (Å²) in [6.45, 7) is 8.30. The molecule has 218 valence electrons. The highest BCUT2D eigenvalue weighted by Crippen LogP contribution is 2.41. The van der Waals surface area contributed by atoms with Crippen molar-refractivity contribution in [1.82, 2.24) is 4.57 Å². The van der Waals surface area contributed by atoms with Crippen LogP contribution in [-0.2, 0) is 9.53 Å². The van der Waals surface area contributed by atoms with Crippen LogP contribution in [0.2, 0.25) is 0 Å². The van der Waals surface area contributed by atoms with Gasteiger partial charge >= 0.3 is 5.97 Å². The van der Waals surface area contributed by atoms with Crippen LogP contribution in [0.5, 0.6) is 23.0 Å². The third-order valence-corrected chi connectivity index (χ3v) is 8.49. The van der Waals surface area contributed by atoms with Gasteiger partial charge in [0.1, 0.15) is 0 Å². The van der Waals surface area contributed by atoms with Crippen molar-refractivity contribution in [2.24, 2.45) is 4.99 Å². The summed E-state index contributed by atoms with van der Waals surface area (Å²) in [4.78, 5) is 32.4. The van der Waals surface area contributed by atoms with E-state index in [1.54, 1.807) is 39.2 Å². The fourth-order valence-corrected chi connectivity index (χ4v) is 6.77. The number of carbonyl (C=O) groups is 1. The van der Waals surface area contributed by atoms with Crippen LogP contribution in [0.4, 0.5) is 0 Å². The molecule has 3 aromatic rings. The normalized spacial score (nSPS) is 14.8. The van der Waals surface area contributed by atoms with Gasteiger partial charge < -0.3 is 23.7 Å². The molecule has 1 aromatic heterocycles. The summed E-state index contributed by atoms with van der Waals surface area (Å²) in [5.74, 6) is 1.57. The lowest BCUT2D eigenvalue weighted by molar-refractivity contribution is -0.139. The van der Waals surface area contributed by atoms with Gasteiger partial charge in [0.25, 0.3) is 5.56 Å². The maximum Gasteiger partial charge on any atom is 0.338 e. The molecule has 0 amide bonds. The summed E-state index contributed by atoms with van der Waals surface area (Å²) in [7, 11) is 3.11. The van der Waals surface area contributed by atoms with Gasteiger partial charge in [0.15, 0.2) is 27.8 Å². The molecule has 0 fully saturated rings. The Kier molecular flexibility index (Phi) is 9.98. The molecule has 2 aromatic carbocycles. The maximum atomic E-state index is 14.1. The second kappa shape index (κ2) is 13.3. The Hall–Kier alpha value is -3.09. The monoisotopic (exact) mass is 708 g/mol. The Morgan fingerprint density at radius 2 is 1.68 bits per heavy atom. The molecule has 2 heterocycles. The highest BCUT2D eigenvalue weighted by atomic mass is 79.9. The van der Waals surface area contributed by atoms with Crippen molar-refractivity contribution >= 4 is 55.2 Å². The lowest BCUT2D eigenvalue weighted by Crippen LogP contribution is -2.40. The molecule has 41 heavy (non-hydrogen) atoms. The Bertz CT molecular complexity index is 1690. The van der Waals surface area contributed by atoms with Gasteiger partial charge in [-0.3, -0.25) is 9.36 Å². The van der Waals surface area contributed by atoms with Gasteiger partial charge in [-0.25, -0.2) is 9.79 Å². The Balaban J connectivity index is 1.98. The fraction of sp³-hybridized carbons (Fsp3) is 0.345. The number of hydrogen-bond donors (Lipinski definition) is 0. The van der Waals surface area contributed by atoms with Crippen molar-refractivity contribution in [3.63, 3.8) is 0 Å². The summed E-state index contributed by atoms with van der Waals surface area (Å²) >= 11 is 8.41. The molecule has 4 rings (SSSR count). The van der Waals surface area contributed by atoms with E-state index in [0.29, 0.717) is 65.8 Å². The second-order valence-corrected chi connectivity index (χ2v) is 11.4. The minimum atomic E-state index is -0.826. The van der Waals surface area contributed by atoms with E-state index >= 15 is 0 Å². The third-order valence-electron chi connectivity index (χ3n) is 6.23. The highest BCUT2D eigenvalue weighted by molar-refractivity contribution is 9.10. The molecule has 1 aliphatic rings. The van der Waals surface area contributed by atoms with E-state index in [9.17, 15) is 9.59 Å². The smallest absolute Gasteiger partial charge is 0.338 e. The zero-order chi connectivity index (χ0) is 29.8. The standard InChI is InChI=1S/C29H30Br2N2O7S/c1-7-38-21-14-18(30)17(13-20(21)36-5)25-24(28(35)40-9-3)15(4)32-29-33(25)27(34)23(41-29)12-16-10-19(31)26(37-6)22(11-16)39-8-2/h10-14,25H,7-9H2,1-6H3/b23-12+/t25-/m0/s1. The topological polar surface area (TPSA) is 97.6 Å². The van der Waals surface area contributed by atoms with E-state index < -0.39 is 12.0 Å². The van der Waals surface area contributed by atoms with Crippen molar-refractivity contribution in [3.05, 3.63) is 75.3 Å². The number of methoxy groups -OCH3 is 2. The molecule has 0 saturated heterocycles. The first-order valence-corrected chi connectivity index (χ1v) is 15.3. The van der Waals surface area contributed by atoms with Crippen molar-refractivity contribution in [1.29, 1.82) is 0 Å². The van der Waals surface area contributed by atoms with Crippen molar-refractivity contribution < 1.29 is 28.5 Å². The maximum absolute atomic E-state index is 14.1. The first-order chi connectivity index (χ1) is 19.7. The zero-order valence-corrected chi connectivity index (χ0v) is 27.5. The number of esters is 1. The van der Waals surface area contributed by atoms with E-state index in [-0.39, 0.29) is 17.7 Å². The third kappa shape index (κ3) is 6.09. The quantitative estimate of drug-likeness (QED) is 0.269. The van der Waals surface area contributed by atoms with E-state index in [1.165, 1.54) is 23.0 Å². The summed E-state index contributed by atoms with van der Waals surface area (Å²) in [5, 5.41) is 0. The first-order valence-electron chi connectivity index (χ1n) is 12.9. The van der Waals surface area contributed by atoms with Crippen LogP contribution in [0.3, 0.4) is 0 Å². The summed E-state index contributed by atoms with van der Waals surface area (Å²) in [5.41, 5.74) is 1.78. The van der Waals surface area contributed by atoms with Crippen molar-refractivity contribution in [3.8, 4) is 23.0 Å². The predicted octanol–water partition coefficient (Wildman–Crippen LogP) is 5.14. The van der Waals surface area contributed by atoms with E-state index in [0.717, 1.165) is 5.56 Å². The number of hydrogen-bond acceptors (Lipinski definition) is 9. The van der Waals surface area contributed by atoms with Crippen molar-refractivity contribution in [2.45, 2.75) is 33.7 Å². The average Bonchev–Trinajstić information content (AvgIpc) is 3.22. The van der Waals surface area contributed by atoms with Gasteiger partial charge in [-0.2, -0.15) is 0 Å². The number of rotatable bonds is 10. The molecule has 0 saturated carbocycles. The molecule has 0 spiro atoms. The van der Waals surface area contributed by atoms with E-state index in [1.807, 2.05) is 26.0 Å². The first kappa shape index (κ1) is 30.9. The number of benzene rings is 2. The van der Waals surface area contributed by atoms with Crippen LogP contribution >= 0.6 is 43.2 Å². The molecule has 1 atom stereocenters. The molecule has 0 unspecified atom stereocenters. The highest BCUT2D eigenvalue weighted by Gasteiger charge is 2.35. The second-order valence-electron chi connectivity index (χ2n) is 8.73. The largest absolute Gasteiger partial charge is 0.493 e. The van der Waals surface area contributed by atoms with Gasteiger partial charge in [0.05, 0.1) is 60.4 Å². The molecule has 12 heteroatoms. The van der Waals surface area contributed by atoms with E-state index in [2.05, 4.69) is 36.9 Å². The molecule has 0 bridgehead atoms. The van der Waals surface area contributed by atoms with Gasteiger partial charge in [-0.15, -0.1) is 0 Å². The van der Waals surface area contributed by atoms with Crippen LogP contribution in [0.15, 0.2) is 54.3 Å². The number of halogens is 2. The lowest BCUT2D eigenvalue weighted by Gasteiger charge is -2.26. The molecule has 1 aliphatic heterocycles. The summed E-state index contributed by atoms with van der Waals surface area (Å²) in [6.07, 6.45) is 1.77. The van der Waals surface area contributed by atoms with E-state index in [4.69, 9.17) is 23.7 Å². The van der Waals surface area contributed by atoms with Crippen molar-refractivity contribution in [2.75, 3.05) is 34.0 Å². The van der Waals surface area contributed by atoms with Crippen LogP contribution in [0, 0.1) is 0 Å². The van der Waals surface area contributed by atoms with Gasteiger partial charge in [-0.1, -0.05) is 27.3 Å². The molecule has 0 N–H and O–H groups in total. The van der Waals surface area contributed by atoms with Gasteiger partial charge in [-0.05, 0) is 85.1 Å².